The highest BCUT2D eigenvalue weighted by Gasteiger charge is 2.46. The zero-order valence-electron chi connectivity index (χ0n) is 15.8. The van der Waals surface area contributed by atoms with Crippen molar-refractivity contribution in [2.24, 2.45) is 5.41 Å². The molecule has 2 saturated heterocycles. The molecule has 0 aromatic heterocycles. The van der Waals surface area contributed by atoms with Crippen LogP contribution in [0.3, 0.4) is 0 Å². The van der Waals surface area contributed by atoms with E-state index in [2.05, 4.69) is 18.7 Å². The van der Waals surface area contributed by atoms with Crippen molar-refractivity contribution in [2.45, 2.75) is 45.1 Å². The molecule has 2 fully saturated rings. The molecule has 0 saturated carbocycles. The highest BCUT2D eigenvalue weighted by Crippen LogP contribution is 2.47. The molecule has 3 rings (SSSR count). The molecule has 0 N–H and O–H groups in total. The van der Waals surface area contributed by atoms with Crippen molar-refractivity contribution in [1.29, 1.82) is 0 Å². The van der Waals surface area contributed by atoms with Crippen molar-refractivity contribution >= 4 is 15.8 Å². The van der Waals surface area contributed by atoms with E-state index in [-0.39, 0.29) is 23.4 Å². The number of ether oxygens (including phenoxy) is 1. The Labute approximate surface area is 155 Å². The maximum atomic E-state index is 14.6. The molecule has 0 bridgehead atoms. The summed E-state index contributed by atoms with van der Waals surface area (Å²) in [6.45, 7) is 6.62. The average Bonchev–Trinajstić information content (AvgIpc) is 2.83. The summed E-state index contributed by atoms with van der Waals surface area (Å²) in [5.74, 6) is -0.263. The van der Waals surface area contributed by atoms with E-state index in [1.54, 1.807) is 6.07 Å². The first-order valence-corrected chi connectivity index (χ1v) is 10.9. The molecule has 26 heavy (non-hydrogen) atoms. The highest BCUT2D eigenvalue weighted by molar-refractivity contribution is 7.85. The van der Waals surface area contributed by atoms with Crippen LogP contribution in [0, 0.1) is 11.2 Å². The van der Waals surface area contributed by atoms with Crippen molar-refractivity contribution < 1.29 is 21.7 Å². The molecule has 2 aliphatic rings. The van der Waals surface area contributed by atoms with Gasteiger partial charge in [-0.1, -0.05) is 12.1 Å². The van der Waals surface area contributed by atoms with Gasteiger partial charge in [-0.25, -0.2) is 4.39 Å². The van der Waals surface area contributed by atoms with Crippen LogP contribution in [0.1, 0.15) is 38.7 Å². The van der Waals surface area contributed by atoms with Crippen LogP contribution in [0.2, 0.25) is 0 Å². The lowest BCUT2D eigenvalue weighted by molar-refractivity contribution is 0.0295. The molecule has 146 valence electrons. The number of anilines is 1. The van der Waals surface area contributed by atoms with Gasteiger partial charge in [-0.05, 0) is 56.6 Å². The molecule has 1 spiro atoms. The average molecular weight is 386 g/mol. The second-order valence-corrected chi connectivity index (χ2v) is 9.88. The van der Waals surface area contributed by atoms with E-state index in [1.807, 2.05) is 6.07 Å². The topological polar surface area (TPSA) is 55.8 Å². The fraction of sp³-hybridized carbons (Fsp3) is 0.684. The van der Waals surface area contributed by atoms with Gasteiger partial charge in [0.25, 0.3) is 10.1 Å². The lowest BCUT2D eigenvalue weighted by Crippen LogP contribution is -2.41. The minimum atomic E-state index is -3.49. The van der Waals surface area contributed by atoms with Crippen LogP contribution in [0.15, 0.2) is 18.2 Å². The summed E-state index contributed by atoms with van der Waals surface area (Å²) in [6.07, 6.45) is 4.38. The highest BCUT2D eigenvalue weighted by atomic mass is 32.2. The molecule has 5 nitrogen and oxygen atoms in total. The van der Waals surface area contributed by atoms with Crippen LogP contribution in [0.5, 0.6) is 0 Å². The molecule has 0 aliphatic carbocycles. The first-order chi connectivity index (χ1) is 12.1. The maximum Gasteiger partial charge on any atom is 0.264 e. The zero-order chi connectivity index (χ0) is 19.0. The number of para-hydroxylation sites is 1. The van der Waals surface area contributed by atoms with Crippen LogP contribution >= 0.6 is 0 Å². The Morgan fingerprint density at radius 2 is 1.96 bits per heavy atom. The van der Waals surface area contributed by atoms with Crippen molar-refractivity contribution in [3.8, 4) is 0 Å². The number of hydrogen-bond acceptors (Lipinski definition) is 5. The number of rotatable bonds is 5. The SMILES string of the molecule is CC1(C)CC2(CCN(c3c(F)cccc3CCOS(C)(=O)=O)CC2)CO1. The van der Waals surface area contributed by atoms with E-state index in [1.165, 1.54) is 6.07 Å². The summed E-state index contributed by atoms with van der Waals surface area (Å²) >= 11 is 0. The summed E-state index contributed by atoms with van der Waals surface area (Å²) < 4.78 is 47.6. The molecular weight excluding hydrogens is 357 g/mol. The molecule has 2 aliphatic heterocycles. The third kappa shape index (κ3) is 4.56. The summed E-state index contributed by atoms with van der Waals surface area (Å²) in [5, 5.41) is 0. The van der Waals surface area contributed by atoms with Crippen LogP contribution in [0.4, 0.5) is 10.1 Å². The monoisotopic (exact) mass is 385 g/mol. The second-order valence-electron chi connectivity index (χ2n) is 8.24. The smallest absolute Gasteiger partial charge is 0.264 e. The lowest BCUT2D eigenvalue weighted by Gasteiger charge is -2.40. The summed E-state index contributed by atoms with van der Waals surface area (Å²) in [6, 6.07) is 4.96. The fourth-order valence-corrected chi connectivity index (χ4v) is 4.68. The van der Waals surface area contributed by atoms with Crippen LogP contribution in [0.25, 0.3) is 0 Å². The van der Waals surface area contributed by atoms with Crippen molar-refractivity contribution in [3.05, 3.63) is 29.6 Å². The van der Waals surface area contributed by atoms with E-state index in [9.17, 15) is 12.8 Å². The van der Waals surface area contributed by atoms with Gasteiger partial charge in [-0.2, -0.15) is 8.42 Å². The number of halogens is 1. The standard InChI is InChI=1S/C19H28FNO4S/c1-18(2)13-19(14-24-18)8-10-21(11-9-19)17-15(5-4-6-16(17)20)7-12-25-26(3,22)23/h4-6H,7-14H2,1-3H3. The molecule has 0 radical (unpaired) electrons. The van der Waals surface area contributed by atoms with Gasteiger partial charge in [0.1, 0.15) is 5.82 Å². The van der Waals surface area contributed by atoms with Gasteiger partial charge in [0.05, 0.1) is 30.8 Å². The Balaban J connectivity index is 1.70. The van der Waals surface area contributed by atoms with Crippen molar-refractivity contribution in [3.63, 3.8) is 0 Å². The molecule has 7 heteroatoms. The minimum Gasteiger partial charge on any atom is -0.375 e. The molecule has 0 amide bonds. The molecule has 0 unspecified atom stereocenters. The van der Waals surface area contributed by atoms with E-state index in [0.29, 0.717) is 12.1 Å². The largest absolute Gasteiger partial charge is 0.375 e. The maximum absolute atomic E-state index is 14.6. The third-order valence-corrected chi connectivity index (χ3v) is 6.04. The zero-order valence-corrected chi connectivity index (χ0v) is 16.6. The van der Waals surface area contributed by atoms with Crippen molar-refractivity contribution in [1.82, 2.24) is 0 Å². The predicted octanol–water partition coefficient (Wildman–Crippen LogP) is 3.13. The quantitative estimate of drug-likeness (QED) is 0.729. The Hall–Kier alpha value is -1.18. The van der Waals surface area contributed by atoms with Gasteiger partial charge in [-0.3, -0.25) is 4.18 Å². The summed E-state index contributed by atoms with van der Waals surface area (Å²) in [4.78, 5) is 2.09. The van der Waals surface area contributed by atoms with Gasteiger partial charge in [-0.15, -0.1) is 0 Å². The predicted molar refractivity (Wildman–Crippen MR) is 99.4 cm³/mol. The number of hydrogen-bond donors (Lipinski definition) is 0. The van der Waals surface area contributed by atoms with Gasteiger partial charge < -0.3 is 9.64 Å². The number of piperidine rings is 1. The molecule has 2 heterocycles. The Morgan fingerprint density at radius 3 is 2.54 bits per heavy atom. The first-order valence-electron chi connectivity index (χ1n) is 9.10. The molecule has 1 aromatic carbocycles. The summed E-state index contributed by atoms with van der Waals surface area (Å²) in [7, 11) is -3.49. The van der Waals surface area contributed by atoms with Crippen LogP contribution < -0.4 is 4.90 Å². The van der Waals surface area contributed by atoms with Gasteiger partial charge >= 0.3 is 0 Å². The third-order valence-electron chi connectivity index (χ3n) is 5.45. The normalized spacial score (nSPS) is 22.1. The Morgan fingerprint density at radius 1 is 1.27 bits per heavy atom. The number of benzene rings is 1. The molecular formula is C19H28FNO4S. The Kier molecular flexibility index (Phi) is 5.34. The van der Waals surface area contributed by atoms with Crippen LogP contribution in [-0.2, 0) is 25.5 Å². The second kappa shape index (κ2) is 7.09. The van der Waals surface area contributed by atoms with Crippen molar-refractivity contribution in [2.75, 3.05) is 37.5 Å². The molecule has 1 aromatic rings. The van der Waals surface area contributed by atoms with E-state index in [4.69, 9.17) is 8.92 Å². The van der Waals surface area contributed by atoms with E-state index >= 15 is 0 Å². The minimum absolute atomic E-state index is 0.0229. The van der Waals surface area contributed by atoms with Gasteiger partial charge in [0.15, 0.2) is 0 Å². The molecule has 0 atom stereocenters. The van der Waals surface area contributed by atoms with Gasteiger partial charge in [0.2, 0.25) is 0 Å². The van der Waals surface area contributed by atoms with Gasteiger partial charge in [0, 0.05) is 13.1 Å². The lowest BCUT2D eigenvalue weighted by atomic mass is 9.74. The number of nitrogens with zero attached hydrogens (tertiary/aromatic N) is 1. The fourth-order valence-electron chi connectivity index (χ4n) is 4.30. The summed E-state index contributed by atoms with van der Waals surface area (Å²) in [5.41, 5.74) is 1.49. The Bertz CT molecular complexity index is 755. The first kappa shape index (κ1) is 19.6. The van der Waals surface area contributed by atoms with E-state index in [0.717, 1.165) is 50.8 Å². The van der Waals surface area contributed by atoms with Crippen LogP contribution in [-0.4, -0.2) is 46.6 Å². The van der Waals surface area contributed by atoms with E-state index < -0.39 is 10.1 Å².